The molecule has 2 N–H and O–H groups in total. The molecule has 23 heavy (non-hydrogen) atoms. The minimum Gasteiger partial charge on any atom is -0.488 e. The van der Waals surface area contributed by atoms with Gasteiger partial charge in [-0.3, -0.25) is 4.79 Å². The molecular weight excluding hydrogens is 382 g/mol. The highest BCUT2D eigenvalue weighted by Gasteiger charge is 2.41. The number of aliphatic carboxylic acids is 1. The monoisotopic (exact) mass is 397 g/mol. The van der Waals surface area contributed by atoms with E-state index in [0.717, 1.165) is 21.5 Å². The van der Waals surface area contributed by atoms with Crippen LogP contribution < -0.4 is 10.1 Å². The first-order valence-electron chi connectivity index (χ1n) is 7.27. The molecule has 0 spiro atoms. The second-order valence-corrected chi connectivity index (χ2v) is 7.73. The van der Waals surface area contributed by atoms with E-state index in [1.54, 1.807) is 17.8 Å². The minimum absolute atomic E-state index is 0.144. The first-order valence-corrected chi connectivity index (χ1v) is 9.21. The summed E-state index contributed by atoms with van der Waals surface area (Å²) in [5.74, 6) is 0.846. The van der Waals surface area contributed by atoms with Crippen LogP contribution in [0.4, 0.5) is 0 Å². The molecule has 0 atom stereocenters. The molecule has 0 aliphatic carbocycles. The average molecular weight is 398 g/mol. The number of halogens is 1. The van der Waals surface area contributed by atoms with Gasteiger partial charge in [-0.2, -0.15) is 11.8 Å². The number of thioether (sulfide) groups is 1. The topological polar surface area (TPSA) is 75.6 Å². The number of fused-ring (bicyclic) bond motifs is 1. The number of hydrogen-bond acceptors (Lipinski definition) is 4. The summed E-state index contributed by atoms with van der Waals surface area (Å²) in [7, 11) is 0. The summed E-state index contributed by atoms with van der Waals surface area (Å²) >= 11 is 5.10. The first-order chi connectivity index (χ1) is 11.0. The molecular formula is C16H16BrNO4S. The van der Waals surface area contributed by atoms with Gasteiger partial charge < -0.3 is 15.2 Å². The highest BCUT2D eigenvalue weighted by Crippen LogP contribution is 2.31. The number of hydrogen-bond donors (Lipinski definition) is 2. The number of carbonyl (C=O) groups is 2. The van der Waals surface area contributed by atoms with E-state index >= 15 is 0 Å². The Balaban J connectivity index is 1.82. The molecule has 7 heteroatoms. The zero-order valence-corrected chi connectivity index (χ0v) is 14.7. The van der Waals surface area contributed by atoms with Gasteiger partial charge >= 0.3 is 5.97 Å². The maximum Gasteiger partial charge on any atom is 0.329 e. The van der Waals surface area contributed by atoms with E-state index in [0.29, 0.717) is 24.2 Å². The summed E-state index contributed by atoms with van der Waals surface area (Å²) in [6, 6.07) is 5.57. The van der Waals surface area contributed by atoms with Crippen LogP contribution in [-0.4, -0.2) is 40.6 Å². The van der Waals surface area contributed by atoms with Gasteiger partial charge in [0.25, 0.3) is 5.91 Å². The van der Waals surface area contributed by atoms with Gasteiger partial charge in [0, 0.05) is 10.0 Å². The zero-order valence-electron chi connectivity index (χ0n) is 12.3. The van der Waals surface area contributed by atoms with Crippen LogP contribution in [0.15, 0.2) is 28.2 Å². The Morgan fingerprint density at radius 2 is 2.04 bits per heavy atom. The zero-order chi connectivity index (χ0) is 16.4. The summed E-state index contributed by atoms with van der Waals surface area (Å²) in [4.78, 5) is 24.2. The lowest BCUT2D eigenvalue weighted by Gasteiger charge is -2.34. The third kappa shape index (κ3) is 3.40. The van der Waals surface area contributed by atoms with Gasteiger partial charge in [-0.1, -0.05) is 15.9 Å². The highest BCUT2D eigenvalue weighted by molar-refractivity contribution is 9.10. The van der Waals surface area contributed by atoms with Crippen LogP contribution in [0.2, 0.25) is 0 Å². The molecule has 1 saturated heterocycles. The van der Waals surface area contributed by atoms with Gasteiger partial charge in [0.2, 0.25) is 0 Å². The number of carboxylic acid groups (broad SMARTS) is 1. The van der Waals surface area contributed by atoms with Crippen LogP contribution in [0.5, 0.6) is 5.75 Å². The van der Waals surface area contributed by atoms with Crippen LogP contribution in [0.3, 0.4) is 0 Å². The fourth-order valence-electron chi connectivity index (χ4n) is 2.69. The van der Waals surface area contributed by atoms with E-state index in [1.807, 2.05) is 18.2 Å². The molecule has 5 nitrogen and oxygen atoms in total. The predicted octanol–water partition coefficient (Wildman–Crippen LogP) is 2.69. The van der Waals surface area contributed by atoms with Crippen LogP contribution in [0.1, 0.15) is 18.4 Å². The standard InChI is InChI=1S/C16H16BrNO4S/c17-12-1-2-13-10(8-12)7-11(9-22-13)14(19)18-16(15(20)21)3-5-23-6-4-16/h1-2,7-8H,3-6,9H2,(H,18,19)(H,20,21). The van der Waals surface area contributed by atoms with Crippen molar-refractivity contribution < 1.29 is 19.4 Å². The molecule has 0 saturated carbocycles. The van der Waals surface area contributed by atoms with Gasteiger partial charge in [-0.25, -0.2) is 4.79 Å². The summed E-state index contributed by atoms with van der Waals surface area (Å²) in [6.07, 6.45) is 2.63. The molecule has 0 bridgehead atoms. The third-order valence-electron chi connectivity index (χ3n) is 4.08. The predicted molar refractivity (Wildman–Crippen MR) is 92.7 cm³/mol. The van der Waals surface area contributed by atoms with Gasteiger partial charge in [0.1, 0.15) is 17.9 Å². The SMILES string of the molecule is O=C(NC1(C(=O)O)CCSCC1)C1=Cc2cc(Br)ccc2OC1. The molecule has 2 aliphatic rings. The fourth-order valence-corrected chi connectivity index (χ4v) is 4.26. The lowest BCUT2D eigenvalue weighted by Crippen LogP contribution is -2.57. The molecule has 3 rings (SSSR count). The number of benzene rings is 1. The normalized spacial score (nSPS) is 19.1. The van der Waals surface area contributed by atoms with E-state index in [1.165, 1.54) is 0 Å². The third-order valence-corrected chi connectivity index (χ3v) is 5.56. The largest absolute Gasteiger partial charge is 0.488 e. The van der Waals surface area contributed by atoms with Crippen molar-refractivity contribution in [2.24, 2.45) is 0 Å². The Kier molecular flexibility index (Phi) is 4.68. The van der Waals surface area contributed by atoms with Crippen LogP contribution in [0, 0.1) is 0 Å². The summed E-state index contributed by atoms with van der Waals surface area (Å²) < 4.78 is 6.49. The van der Waals surface area contributed by atoms with Gasteiger partial charge in [0.05, 0.1) is 5.57 Å². The van der Waals surface area contributed by atoms with E-state index in [9.17, 15) is 14.7 Å². The summed E-state index contributed by atoms with van der Waals surface area (Å²) in [5, 5.41) is 12.3. The summed E-state index contributed by atoms with van der Waals surface area (Å²) in [6.45, 7) is 0.144. The Morgan fingerprint density at radius 3 is 2.74 bits per heavy atom. The quantitative estimate of drug-likeness (QED) is 0.819. The second kappa shape index (κ2) is 6.57. The van der Waals surface area contributed by atoms with Gasteiger partial charge in [0.15, 0.2) is 0 Å². The molecule has 122 valence electrons. The van der Waals surface area contributed by atoms with Crippen molar-refractivity contribution in [2.75, 3.05) is 18.1 Å². The number of rotatable bonds is 3. The van der Waals surface area contributed by atoms with Crippen molar-refractivity contribution in [2.45, 2.75) is 18.4 Å². The van der Waals surface area contributed by atoms with Crippen molar-refractivity contribution >= 4 is 45.6 Å². The van der Waals surface area contributed by atoms with Crippen LogP contribution in [-0.2, 0) is 9.59 Å². The number of nitrogens with one attached hydrogen (secondary N) is 1. The van der Waals surface area contributed by atoms with Crippen molar-refractivity contribution in [3.8, 4) is 5.75 Å². The summed E-state index contributed by atoms with van der Waals surface area (Å²) in [5.41, 5.74) is 0.0783. The molecule has 0 radical (unpaired) electrons. The van der Waals surface area contributed by atoms with E-state index in [-0.39, 0.29) is 12.5 Å². The maximum absolute atomic E-state index is 12.5. The van der Waals surface area contributed by atoms with Crippen LogP contribution >= 0.6 is 27.7 Å². The molecule has 1 aromatic carbocycles. The van der Waals surface area contributed by atoms with E-state index in [2.05, 4.69) is 21.2 Å². The smallest absolute Gasteiger partial charge is 0.329 e. The second-order valence-electron chi connectivity index (χ2n) is 5.59. The molecule has 2 aliphatic heterocycles. The minimum atomic E-state index is -1.17. The molecule has 0 aromatic heterocycles. The Labute approximate surface area is 146 Å². The van der Waals surface area contributed by atoms with Crippen molar-refractivity contribution in [3.05, 3.63) is 33.8 Å². The molecule has 1 fully saturated rings. The number of carbonyl (C=O) groups excluding carboxylic acids is 1. The Morgan fingerprint density at radius 1 is 1.30 bits per heavy atom. The molecule has 1 aromatic rings. The fraction of sp³-hybridized carbons (Fsp3) is 0.375. The number of amides is 1. The molecule has 0 unspecified atom stereocenters. The van der Waals surface area contributed by atoms with Crippen LogP contribution in [0.25, 0.3) is 6.08 Å². The van der Waals surface area contributed by atoms with Crippen molar-refractivity contribution in [3.63, 3.8) is 0 Å². The van der Waals surface area contributed by atoms with Gasteiger partial charge in [-0.15, -0.1) is 0 Å². The van der Waals surface area contributed by atoms with Crippen molar-refractivity contribution in [1.29, 1.82) is 0 Å². The van der Waals surface area contributed by atoms with E-state index < -0.39 is 11.5 Å². The molecule has 2 heterocycles. The highest BCUT2D eigenvalue weighted by atomic mass is 79.9. The van der Waals surface area contributed by atoms with E-state index in [4.69, 9.17) is 4.74 Å². The Bertz CT molecular complexity index is 683. The molecule has 1 amide bonds. The first kappa shape index (κ1) is 16.4. The Hall–Kier alpha value is -1.47. The lowest BCUT2D eigenvalue weighted by molar-refractivity contribution is -0.147. The number of ether oxygens (including phenoxy) is 1. The number of carboxylic acids is 1. The van der Waals surface area contributed by atoms with Crippen molar-refractivity contribution in [1.82, 2.24) is 5.32 Å². The maximum atomic E-state index is 12.5. The van der Waals surface area contributed by atoms with Gasteiger partial charge in [-0.05, 0) is 48.6 Å². The lowest BCUT2D eigenvalue weighted by atomic mass is 9.91. The average Bonchev–Trinajstić information content (AvgIpc) is 2.54.